The van der Waals surface area contributed by atoms with Crippen LogP contribution >= 0.6 is 0 Å². The van der Waals surface area contributed by atoms with E-state index in [0.717, 1.165) is 16.8 Å². The van der Waals surface area contributed by atoms with Crippen molar-refractivity contribution in [3.63, 3.8) is 0 Å². The lowest BCUT2D eigenvalue weighted by atomic mass is 9.96. The first-order valence-corrected chi connectivity index (χ1v) is 6.76. The SMILES string of the molecule is Cc1ccccc1-c1cccc(-c2ccccc2N)c1. The number of aryl methyl sites for hydroxylation is 1. The smallest absolute Gasteiger partial charge is 0.0393 e. The Morgan fingerprint density at radius 2 is 1.25 bits per heavy atom. The fraction of sp³-hybridized carbons (Fsp3) is 0.0526. The number of nitrogen functional groups attached to an aromatic ring is 1. The van der Waals surface area contributed by atoms with Crippen molar-refractivity contribution in [3.05, 3.63) is 78.4 Å². The van der Waals surface area contributed by atoms with Gasteiger partial charge in [0.1, 0.15) is 0 Å². The predicted molar refractivity (Wildman–Crippen MR) is 86.5 cm³/mol. The molecule has 0 radical (unpaired) electrons. The van der Waals surface area contributed by atoms with Crippen LogP contribution < -0.4 is 5.73 Å². The average molecular weight is 259 g/mol. The molecule has 0 saturated heterocycles. The quantitative estimate of drug-likeness (QED) is 0.650. The van der Waals surface area contributed by atoms with Gasteiger partial charge in [0, 0.05) is 11.3 Å². The summed E-state index contributed by atoms with van der Waals surface area (Å²) in [5.74, 6) is 0. The van der Waals surface area contributed by atoms with Crippen molar-refractivity contribution in [3.8, 4) is 22.3 Å². The van der Waals surface area contributed by atoms with Crippen LogP contribution in [0.3, 0.4) is 0 Å². The van der Waals surface area contributed by atoms with E-state index in [1.54, 1.807) is 0 Å². The normalized spacial score (nSPS) is 10.4. The van der Waals surface area contributed by atoms with Crippen LogP contribution in [0.25, 0.3) is 22.3 Å². The van der Waals surface area contributed by atoms with Crippen LogP contribution in [-0.4, -0.2) is 0 Å². The Bertz CT molecular complexity index is 683. The Morgan fingerprint density at radius 1 is 0.650 bits per heavy atom. The molecular formula is C19H17N. The maximum atomic E-state index is 6.07. The highest BCUT2D eigenvalue weighted by Gasteiger charge is 2.05. The molecule has 0 fully saturated rings. The van der Waals surface area contributed by atoms with Crippen LogP contribution in [0.15, 0.2) is 72.8 Å². The first-order valence-electron chi connectivity index (χ1n) is 6.76. The fourth-order valence-electron chi connectivity index (χ4n) is 2.51. The predicted octanol–water partition coefficient (Wildman–Crippen LogP) is 4.91. The molecule has 0 spiro atoms. The van der Waals surface area contributed by atoms with E-state index in [1.165, 1.54) is 16.7 Å². The first-order chi connectivity index (χ1) is 9.75. The van der Waals surface area contributed by atoms with E-state index >= 15 is 0 Å². The third-order valence-electron chi connectivity index (χ3n) is 3.59. The van der Waals surface area contributed by atoms with Gasteiger partial charge in [-0.2, -0.15) is 0 Å². The molecule has 3 rings (SSSR count). The lowest BCUT2D eigenvalue weighted by molar-refractivity contribution is 1.46. The zero-order chi connectivity index (χ0) is 13.9. The molecule has 0 unspecified atom stereocenters. The van der Waals surface area contributed by atoms with Crippen molar-refractivity contribution in [1.82, 2.24) is 0 Å². The van der Waals surface area contributed by atoms with Crippen molar-refractivity contribution in [2.45, 2.75) is 6.92 Å². The Balaban J connectivity index is 2.12. The van der Waals surface area contributed by atoms with Crippen LogP contribution in [0.5, 0.6) is 0 Å². The molecule has 98 valence electrons. The molecule has 3 aromatic rings. The highest BCUT2D eigenvalue weighted by molar-refractivity contribution is 5.80. The van der Waals surface area contributed by atoms with E-state index in [9.17, 15) is 0 Å². The number of hydrogen-bond donors (Lipinski definition) is 1. The van der Waals surface area contributed by atoms with Gasteiger partial charge < -0.3 is 5.73 Å². The van der Waals surface area contributed by atoms with Gasteiger partial charge in [0.15, 0.2) is 0 Å². The molecule has 1 nitrogen and oxygen atoms in total. The number of nitrogens with two attached hydrogens (primary N) is 1. The fourth-order valence-corrected chi connectivity index (χ4v) is 2.51. The maximum Gasteiger partial charge on any atom is 0.0393 e. The molecule has 0 aromatic heterocycles. The largest absolute Gasteiger partial charge is 0.398 e. The summed E-state index contributed by atoms with van der Waals surface area (Å²) in [7, 11) is 0. The minimum absolute atomic E-state index is 0.814. The summed E-state index contributed by atoms with van der Waals surface area (Å²) in [4.78, 5) is 0. The second-order valence-corrected chi connectivity index (χ2v) is 4.98. The maximum absolute atomic E-state index is 6.07. The van der Waals surface area contributed by atoms with Gasteiger partial charge in [0.25, 0.3) is 0 Å². The van der Waals surface area contributed by atoms with Gasteiger partial charge >= 0.3 is 0 Å². The van der Waals surface area contributed by atoms with Crippen molar-refractivity contribution in [2.24, 2.45) is 0 Å². The lowest BCUT2D eigenvalue weighted by Crippen LogP contribution is -1.90. The van der Waals surface area contributed by atoms with Gasteiger partial charge in [0.05, 0.1) is 0 Å². The molecule has 0 aliphatic rings. The van der Waals surface area contributed by atoms with Crippen molar-refractivity contribution >= 4 is 5.69 Å². The number of benzene rings is 3. The molecule has 0 atom stereocenters. The Morgan fingerprint density at radius 3 is 1.95 bits per heavy atom. The molecule has 3 aromatic carbocycles. The van der Waals surface area contributed by atoms with Crippen LogP contribution in [0.1, 0.15) is 5.56 Å². The standard InChI is InChI=1S/C19H17N/c1-14-7-2-3-10-17(14)15-8-6-9-16(13-15)18-11-4-5-12-19(18)20/h2-13H,20H2,1H3. The molecule has 0 amide bonds. The number of hydrogen-bond acceptors (Lipinski definition) is 1. The topological polar surface area (TPSA) is 26.0 Å². The number of rotatable bonds is 2. The van der Waals surface area contributed by atoms with Crippen molar-refractivity contribution < 1.29 is 0 Å². The van der Waals surface area contributed by atoms with Crippen molar-refractivity contribution in [1.29, 1.82) is 0 Å². The zero-order valence-electron chi connectivity index (χ0n) is 11.5. The van der Waals surface area contributed by atoms with Crippen molar-refractivity contribution in [2.75, 3.05) is 5.73 Å². The molecule has 0 aliphatic carbocycles. The van der Waals surface area contributed by atoms with Crippen LogP contribution in [0, 0.1) is 6.92 Å². The molecule has 1 heteroatoms. The van der Waals surface area contributed by atoms with Crippen LogP contribution in [0.4, 0.5) is 5.69 Å². The summed E-state index contributed by atoms with van der Waals surface area (Å²) in [5, 5.41) is 0. The summed E-state index contributed by atoms with van der Waals surface area (Å²) in [6, 6.07) is 25.0. The van der Waals surface area contributed by atoms with E-state index in [4.69, 9.17) is 5.73 Å². The second-order valence-electron chi connectivity index (χ2n) is 4.98. The minimum Gasteiger partial charge on any atom is -0.398 e. The van der Waals surface area contributed by atoms with Crippen LogP contribution in [0.2, 0.25) is 0 Å². The summed E-state index contributed by atoms with van der Waals surface area (Å²) < 4.78 is 0. The van der Waals surface area contributed by atoms with E-state index < -0.39 is 0 Å². The lowest BCUT2D eigenvalue weighted by Gasteiger charge is -2.10. The molecule has 0 aliphatic heterocycles. The Labute approximate surface area is 119 Å². The van der Waals surface area contributed by atoms with Gasteiger partial charge in [-0.15, -0.1) is 0 Å². The van der Waals surface area contributed by atoms with Gasteiger partial charge in [-0.25, -0.2) is 0 Å². The van der Waals surface area contributed by atoms with E-state index in [1.807, 2.05) is 18.2 Å². The average Bonchev–Trinajstić information content (AvgIpc) is 2.48. The molecule has 20 heavy (non-hydrogen) atoms. The number of anilines is 1. The summed E-state index contributed by atoms with van der Waals surface area (Å²) in [6.07, 6.45) is 0. The molecule has 0 saturated carbocycles. The molecule has 2 N–H and O–H groups in total. The van der Waals surface area contributed by atoms with Gasteiger partial charge in [-0.1, -0.05) is 60.7 Å². The van der Waals surface area contributed by atoms with E-state index in [2.05, 4.69) is 61.5 Å². The Hall–Kier alpha value is -2.54. The zero-order valence-corrected chi connectivity index (χ0v) is 11.5. The minimum atomic E-state index is 0.814. The molecular weight excluding hydrogens is 242 g/mol. The third kappa shape index (κ3) is 2.30. The molecule has 0 heterocycles. The summed E-state index contributed by atoms with van der Waals surface area (Å²) in [5.41, 5.74) is 12.9. The highest BCUT2D eigenvalue weighted by Crippen LogP contribution is 2.30. The number of para-hydroxylation sites is 1. The van der Waals surface area contributed by atoms with E-state index in [-0.39, 0.29) is 0 Å². The van der Waals surface area contributed by atoms with E-state index in [0.29, 0.717) is 0 Å². The first kappa shape index (κ1) is 12.5. The molecule has 0 bridgehead atoms. The second kappa shape index (κ2) is 5.22. The van der Waals surface area contributed by atoms with Gasteiger partial charge in [-0.3, -0.25) is 0 Å². The summed E-state index contributed by atoms with van der Waals surface area (Å²) >= 11 is 0. The van der Waals surface area contributed by atoms with Gasteiger partial charge in [-0.05, 0) is 41.3 Å². The third-order valence-corrected chi connectivity index (χ3v) is 3.59. The monoisotopic (exact) mass is 259 g/mol. The van der Waals surface area contributed by atoms with Crippen LogP contribution in [-0.2, 0) is 0 Å². The highest BCUT2D eigenvalue weighted by atomic mass is 14.6. The summed E-state index contributed by atoms with van der Waals surface area (Å²) in [6.45, 7) is 2.14. The Kier molecular flexibility index (Phi) is 3.26. The van der Waals surface area contributed by atoms with Gasteiger partial charge in [0.2, 0.25) is 0 Å².